The minimum Gasteiger partial charge on any atom is -0.489 e. The molecular weight excluding hydrogens is 331 g/mol. The van der Waals surface area contributed by atoms with Gasteiger partial charge in [-0.2, -0.15) is 5.10 Å². The van der Waals surface area contributed by atoms with Crippen LogP contribution >= 0.6 is 34.8 Å². The van der Waals surface area contributed by atoms with Crippen LogP contribution in [0.1, 0.15) is 11.1 Å². The summed E-state index contributed by atoms with van der Waals surface area (Å²) in [6, 6.07) is 10.9. The molecular formula is C15H13Cl3N2O. The molecule has 0 atom stereocenters. The third-order valence-electron chi connectivity index (χ3n) is 2.72. The second-order valence-corrected chi connectivity index (χ2v) is 5.36. The van der Waals surface area contributed by atoms with Gasteiger partial charge in [-0.05, 0) is 29.8 Å². The lowest BCUT2D eigenvalue weighted by atomic mass is 10.2. The van der Waals surface area contributed by atoms with Gasteiger partial charge in [-0.3, -0.25) is 0 Å². The van der Waals surface area contributed by atoms with Gasteiger partial charge in [-0.15, -0.1) is 0 Å². The highest BCUT2D eigenvalue weighted by molar-refractivity contribution is 6.44. The minimum absolute atomic E-state index is 0.241. The molecule has 0 aliphatic carbocycles. The number of hydrogen-bond acceptors (Lipinski definition) is 3. The normalized spacial score (nSPS) is 10.9. The van der Waals surface area contributed by atoms with Gasteiger partial charge in [0.05, 0.1) is 16.3 Å². The molecule has 0 heterocycles. The van der Waals surface area contributed by atoms with Crippen molar-refractivity contribution in [3.8, 4) is 5.75 Å². The van der Waals surface area contributed by atoms with Gasteiger partial charge < -0.3 is 10.2 Å². The lowest BCUT2D eigenvalue weighted by molar-refractivity contribution is 0.306. The average molecular weight is 344 g/mol. The van der Waals surface area contributed by atoms with Crippen molar-refractivity contribution in [3.63, 3.8) is 0 Å². The van der Waals surface area contributed by atoms with Crippen LogP contribution < -0.4 is 10.2 Å². The van der Waals surface area contributed by atoms with Crippen LogP contribution in [0.15, 0.2) is 41.5 Å². The number of rotatable bonds is 5. The van der Waals surface area contributed by atoms with Gasteiger partial charge in [0.15, 0.2) is 0 Å². The van der Waals surface area contributed by atoms with Gasteiger partial charge >= 0.3 is 0 Å². The summed E-state index contributed by atoms with van der Waals surface area (Å²) in [7, 11) is 1.74. The molecule has 0 fully saturated rings. The van der Waals surface area contributed by atoms with E-state index >= 15 is 0 Å². The number of nitrogens with zero attached hydrogens (tertiary/aromatic N) is 1. The maximum Gasteiger partial charge on any atom is 0.120 e. The van der Waals surface area contributed by atoms with E-state index in [4.69, 9.17) is 39.5 Å². The number of hydrogen-bond donors (Lipinski definition) is 1. The lowest BCUT2D eigenvalue weighted by Gasteiger charge is -2.11. The standard InChI is InChI=1S/C15H13Cl3N2O/c1-19-20-8-10-3-2-4-11(7-10)21-9-12-13(16)5-6-14(17)15(12)18/h2-8,19H,9H2,1H3/b20-8+. The second kappa shape index (κ2) is 7.55. The summed E-state index contributed by atoms with van der Waals surface area (Å²) in [5.74, 6) is 0.696. The smallest absolute Gasteiger partial charge is 0.120 e. The van der Waals surface area contributed by atoms with Crippen molar-refractivity contribution in [1.29, 1.82) is 0 Å². The molecule has 2 aromatic carbocycles. The van der Waals surface area contributed by atoms with E-state index in [2.05, 4.69) is 10.5 Å². The summed E-state index contributed by atoms with van der Waals surface area (Å²) in [6.07, 6.45) is 1.70. The van der Waals surface area contributed by atoms with Crippen LogP contribution in [0.4, 0.5) is 0 Å². The van der Waals surface area contributed by atoms with Crippen molar-refractivity contribution in [3.05, 3.63) is 62.6 Å². The Balaban J connectivity index is 2.13. The van der Waals surface area contributed by atoms with E-state index in [1.165, 1.54) is 0 Å². The number of hydrazone groups is 1. The van der Waals surface area contributed by atoms with Gasteiger partial charge in [0.2, 0.25) is 0 Å². The van der Waals surface area contributed by atoms with Gasteiger partial charge in [0.1, 0.15) is 12.4 Å². The fraction of sp³-hybridized carbons (Fsp3) is 0.133. The molecule has 0 saturated carbocycles. The first-order valence-electron chi connectivity index (χ1n) is 6.17. The first-order chi connectivity index (χ1) is 10.1. The Bertz CT molecular complexity index is 659. The Morgan fingerprint density at radius 3 is 2.67 bits per heavy atom. The van der Waals surface area contributed by atoms with E-state index in [9.17, 15) is 0 Å². The van der Waals surface area contributed by atoms with Crippen LogP contribution in [0.3, 0.4) is 0 Å². The highest BCUT2D eigenvalue weighted by Gasteiger charge is 2.10. The van der Waals surface area contributed by atoms with Crippen molar-refractivity contribution >= 4 is 41.0 Å². The number of benzene rings is 2. The fourth-order valence-electron chi connectivity index (χ4n) is 1.68. The predicted molar refractivity (Wildman–Crippen MR) is 88.9 cm³/mol. The van der Waals surface area contributed by atoms with Crippen LogP contribution in [-0.2, 0) is 6.61 Å². The van der Waals surface area contributed by atoms with E-state index < -0.39 is 0 Å². The molecule has 2 aromatic rings. The Kier molecular flexibility index (Phi) is 5.74. The third-order valence-corrected chi connectivity index (χ3v) is 3.92. The average Bonchev–Trinajstić information content (AvgIpc) is 2.49. The Labute approximate surface area is 138 Å². The van der Waals surface area contributed by atoms with Crippen molar-refractivity contribution in [2.75, 3.05) is 7.05 Å². The zero-order valence-electron chi connectivity index (χ0n) is 11.2. The molecule has 0 bridgehead atoms. The summed E-state index contributed by atoms with van der Waals surface area (Å²) in [4.78, 5) is 0. The van der Waals surface area contributed by atoms with Crippen LogP contribution in [0.5, 0.6) is 5.75 Å². The summed E-state index contributed by atoms with van der Waals surface area (Å²) >= 11 is 18.2. The summed E-state index contributed by atoms with van der Waals surface area (Å²) < 4.78 is 5.72. The second-order valence-electron chi connectivity index (χ2n) is 4.16. The van der Waals surface area contributed by atoms with Crippen molar-refractivity contribution in [1.82, 2.24) is 5.43 Å². The van der Waals surface area contributed by atoms with Crippen molar-refractivity contribution in [2.45, 2.75) is 6.61 Å². The van der Waals surface area contributed by atoms with E-state index in [1.54, 1.807) is 25.4 Å². The molecule has 0 aromatic heterocycles. The van der Waals surface area contributed by atoms with Crippen molar-refractivity contribution < 1.29 is 4.74 Å². The maximum atomic E-state index is 6.14. The number of nitrogens with one attached hydrogen (secondary N) is 1. The Hall–Kier alpha value is -1.42. The fourth-order valence-corrected chi connectivity index (χ4v) is 2.34. The number of halogens is 3. The lowest BCUT2D eigenvalue weighted by Crippen LogP contribution is -1.99. The van der Waals surface area contributed by atoms with Gasteiger partial charge in [-0.1, -0.05) is 46.9 Å². The first kappa shape index (κ1) is 16.0. The van der Waals surface area contributed by atoms with Crippen molar-refractivity contribution in [2.24, 2.45) is 5.10 Å². The molecule has 0 aliphatic heterocycles. The molecule has 0 amide bonds. The Morgan fingerprint density at radius 1 is 1.14 bits per heavy atom. The minimum atomic E-state index is 0.241. The summed E-state index contributed by atoms with van der Waals surface area (Å²) in [5.41, 5.74) is 4.28. The van der Waals surface area contributed by atoms with Gasteiger partial charge in [0, 0.05) is 17.6 Å². The molecule has 0 radical (unpaired) electrons. The highest BCUT2D eigenvalue weighted by Crippen LogP contribution is 2.32. The topological polar surface area (TPSA) is 33.6 Å². The zero-order valence-corrected chi connectivity index (χ0v) is 13.5. The van der Waals surface area contributed by atoms with E-state index in [1.807, 2.05) is 24.3 Å². The van der Waals surface area contributed by atoms with Crippen LogP contribution in [0.25, 0.3) is 0 Å². The molecule has 0 spiro atoms. The molecule has 1 N–H and O–H groups in total. The highest BCUT2D eigenvalue weighted by atomic mass is 35.5. The first-order valence-corrected chi connectivity index (χ1v) is 7.30. The van der Waals surface area contributed by atoms with E-state index in [0.717, 1.165) is 5.56 Å². The van der Waals surface area contributed by atoms with Gasteiger partial charge in [0.25, 0.3) is 0 Å². The molecule has 6 heteroatoms. The maximum absolute atomic E-state index is 6.14. The number of ether oxygens (including phenoxy) is 1. The predicted octanol–water partition coefficient (Wildman–Crippen LogP) is 4.78. The summed E-state index contributed by atoms with van der Waals surface area (Å²) in [5, 5.41) is 5.34. The molecule has 0 unspecified atom stereocenters. The summed E-state index contributed by atoms with van der Waals surface area (Å²) in [6.45, 7) is 0.241. The molecule has 0 aliphatic rings. The van der Waals surface area contributed by atoms with Crippen LogP contribution in [-0.4, -0.2) is 13.3 Å². The molecule has 2 rings (SSSR count). The van der Waals surface area contributed by atoms with E-state index in [-0.39, 0.29) is 6.61 Å². The SMILES string of the molecule is CN/N=C/c1cccc(OCc2c(Cl)ccc(Cl)c2Cl)c1. The van der Waals surface area contributed by atoms with E-state index in [0.29, 0.717) is 26.4 Å². The molecule has 3 nitrogen and oxygen atoms in total. The largest absolute Gasteiger partial charge is 0.489 e. The van der Waals surface area contributed by atoms with Crippen LogP contribution in [0.2, 0.25) is 15.1 Å². The monoisotopic (exact) mass is 342 g/mol. The van der Waals surface area contributed by atoms with Gasteiger partial charge in [-0.25, -0.2) is 0 Å². The molecule has 110 valence electrons. The molecule has 21 heavy (non-hydrogen) atoms. The Morgan fingerprint density at radius 2 is 1.90 bits per heavy atom. The third kappa shape index (κ3) is 4.27. The zero-order chi connectivity index (χ0) is 15.2. The van der Waals surface area contributed by atoms with Crippen LogP contribution in [0, 0.1) is 0 Å². The quantitative estimate of drug-likeness (QED) is 0.481. The molecule has 0 saturated heterocycles.